The summed E-state index contributed by atoms with van der Waals surface area (Å²) in [5.41, 5.74) is 0.545. The topological polar surface area (TPSA) is 126 Å². The molecule has 0 aromatic carbocycles. The summed E-state index contributed by atoms with van der Waals surface area (Å²) in [6.07, 6.45) is -3.55. The molecule has 0 bridgehead atoms. The number of hydrogen-bond donors (Lipinski definition) is 2. The van der Waals surface area contributed by atoms with Gasteiger partial charge in [0.2, 0.25) is 5.82 Å². The maximum atomic E-state index is 13.3. The number of nitrogens with one attached hydrogen (secondary N) is 1. The standard InChI is InChI=1S/C25H24F5N9O2/c1-14-18(6-15(8-31-14)20-34-36-39(35-20)5-3-25(28,29)30)33-21(40)17-9-32-38-4-2-16(7-19(17)38)37-12-23(13-37)10-24(41,11-23)22(26)27/h2,4,6-9,22,41H,3,5,10-13H2,1H3,(H,33,40). The molecule has 2 fully saturated rings. The van der Waals surface area contributed by atoms with Gasteiger partial charge in [0.25, 0.3) is 12.3 Å². The quantitative estimate of drug-likeness (QED) is 0.320. The molecule has 1 saturated heterocycles. The van der Waals surface area contributed by atoms with Crippen molar-refractivity contribution in [3.8, 4) is 11.4 Å². The van der Waals surface area contributed by atoms with Crippen molar-refractivity contribution in [2.24, 2.45) is 5.41 Å². The van der Waals surface area contributed by atoms with Crippen molar-refractivity contribution in [2.45, 2.75) is 50.9 Å². The van der Waals surface area contributed by atoms with Gasteiger partial charge in [0.05, 0.1) is 41.6 Å². The summed E-state index contributed by atoms with van der Waals surface area (Å²) in [6, 6.07) is 5.16. The highest BCUT2D eigenvalue weighted by atomic mass is 19.4. The Morgan fingerprint density at radius 2 is 1.95 bits per heavy atom. The number of aromatic nitrogens is 7. The molecule has 0 radical (unpaired) electrons. The fourth-order valence-corrected chi connectivity index (χ4v) is 5.56. The van der Waals surface area contributed by atoms with Crippen molar-refractivity contribution in [2.75, 3.05) is 23.3 Å². The minimum absolute atomic E-state index is 0.0570. The number of carbonyl (C=O) groups excluding carboxylic acids is 1. The fourth-order valence-electron chi connectivity index (χ4n) is 5.56. The lowest BCUT2D eigenvalue weighted by Crippen LogP contribution is -2.70. The van der Waals surface area contributed by atoms with Gasteiger partial charge in [-0.1, -0.05) is 0 Å². The number of alkyl halides is 5. The Labute approximate surface area is 229 Å². The monoisotopic (exact) mass is 577 g/mol. The van der Waals surface area contributed by atoms with Gasteiger partial charge in [-0.05, 0) is 43.2 Å². The number of hydrogen-bond acceptors (Lipinski definition) is 8. The van der Waals surface area contributed by atoms with E-state index in [1.54, 1.807) is 25.3 Å². The maximum Gasteiger partial charge on any atom is 0.390 e. The number of amides is 1. The van der Waals surface area contributed by atoms with Gasteiger partial charge >= 0.3 is 6.18 Å². The predicted molar refractivity (Wildman–Crippen MR) is 134 cm³/mol. The van der Waals surface area contributed by atoms with E-state index < -0.39 is 37.1 Å². The Balaban J connectivity index is 1.16. The number of aliphatic hydroxyl groups is 1. The van der Waals surface area contributed by atoms with Gasteiger partial charge in [0.15, 0.2) is 0 Å². The predicted octanol–water partition coefficient (Wildman–Crippen LogP) is 3.49. The summed E-state index contributed by atoms with van der Waals surface area (Å²) in [5, 5.41) is 28.4. The molecule has 1 saturated carbocycles. The second-order valence-electron chi connectivity index (χ2n) is 10.8. The summed E-state index contributed by atoms with van der Waals surface area (Å²) >= 11 is 0. The molecule has 1 aliphatic carbocycles. The number of aryl methyl sites for hydroxylation is 2. The van der Waals surface area contributed by atoms with Gasteiger partial charge in [-0.2, -0.15) is 23.1 Å². The van der Waals surface area contributed by atoms with E-state index in [0.29, 0.717) is 35.6 Å². The number of carbonyl (C=O) groups is 1. The molecule has 4 aromatic rings. The smallest absolute Gasteiger partial charge is 0.384 e. The van der Waals surface area contributed by atoms with Crippen LogP contribution < -0.4 is 10.2 Å². The van der Waals surface area contributed by atoms with Crippen LogP contribution in [0.2, 0.25) is 0 Å². The van der Waals surface area contributed by atoms with Crippen molar-refractivity contribution >= 4 is 22.8 Å². The van der Waals surface area contributed by atoms with Gasteiger partial charge in [0.1, 0.15) is 5.60 Å². The van der Waals surface area contributed by atoms with E-state index in [9.17, 15) is 31.9 Å². The first-order valence-electron chi connectivity index (χ1n) is 12.7. The lowest BCUT2D eigenvalue weighted by Gasteiger charge is -2.62. The van der Waals surface area contributed by atoms with Crippen molar-refractivity contribution in [3.63, 3.8) is 0 Å². The molecular formula is C25H24F5N9O2. The Bertz CT molecular complexity index is 1620. The van der Waals surface area contributed by atoms with Gasteiger partial charge in [-0.15, -0.1) is 10.2 Å². The molecule has 6 rings (SSSR count). The summed E-state index contributed by atoms with van der Waals surface area (Å²) in [4.78, 5) is 20.4. The van der Waals surface area contributed by atoms with Crippen molar-refractivity contribution in [1.29, 1.82) is 0 Å². The van der Waals surface area contributed by atoms with Crippen molar-refractivity contribution < 1.29 is 31.9 Å². The van der Waals surface area contributed by atoms with Crippen LogP contribution in [0.15, 0.2) is 36.8 Å². The lowest BCUT2D eigenvalue weighted by molar-refractivity contribution is -0.209. The van der Waals surface area contributed by atoms with Crippen molar-refractivity contribution in [3.05, 3.63) is 48.0 Å². The molecule has 41 heavy (non-hydrogen) atoms. The summed E-state index contributed by atoms with van der Waals surface area (Å²) in [7, 11) is 0. The molecular weight excluding hydrogens is 553 g/mol. The van der Waals surface area contributed by atoms with Crippen LogP contribution in [-0.4, -0.2) is 77.1 Å². The van der Waals surface area contributed by atoms with Crippen LogP contribution in [-0.2, 0) is 6.54 Å². The van der Waals surface area contributed by atoms with Crippen LogP contribution in [0.25, 0.3) is 16.9 Å². The number of nitrogens with zero attached hydrogens (tertiary/aromatic N) is 8. The average molecular weight is 578 g/mol. The highest BCUT2D eigenvalue weighted by Crippen LogP contribution is 2.56. The Morgan fingerprint density at radius 1 is 1.20 bits per heavy atom. The zero-order valence-electron chi connectivity index (χ0n) is 21.6. The molecule has 1 spiro atoms. The largest absolute Gasteiger partial charge is 0.390 e. The zero-order valence-corrected chi connectivity index (χ0v) is 21.6. The van der Waals surface area contributed by atoms with Crippen LogP contribution in [0.4, 0.5) is 33.3 Å². The number of halogens is 5. The van der Waals surface area contributed by atoms with Crippen LogP contribution >= 0.6 is 0 Å². The number of fused-ring (bicyclic) bond motifs is 1. The van der Waals surface area contributed by atoms with Crippen LogP contribution in [0, 0.1) is 12.3 Å². The van der Waals surface area contributed by atoms with E-state index in [-0.39, 0.29) is 29.6 Å². The van der Waals surface area contributed by atoms with Gasteiger partial charge < -0.3 is 15.3 Å². The van der Waals surface area contributed by atoms with E-state index in [1.165, 1.54) is 16.9 Å². The molecule has 1 amide bonds. The molecule has 0 atom stereocenters. The third-order valence-corrected chi connectivity index (χ3v) is 7.58. The van der Waals surface area contributed by atoms with Gasteiger partial charge in [-0.3, -0.25) is 9.78 Å². The van der Waals surface area contributed by atoms with Crippen LogP contribution in [0.3, 0.4) is 0 Å². The first-order valence-corrected chi connectivity index (χ1v) is 12.7. The minimum atomic E-state index is -4.35. The second kappa shape index (κ2) is 9.43. The highest BCUT2D eigenvalue weighted by molar-refractivity contribution is 6.09. The molecule has 1 aliphatic heterocycles. The number of tetrazole rings is 1. The molecule has 4 aromatic heterocycles. The molecule has 2 N–H and O–H groups in total. The maximum absolute atomic E-state index is 13.3. The molecule has 0 unspecified atom stereocenters. The van der Waals surface area contributed by atoms with E-state index >= 15 is 0 Å². The Kier molecular flexibility index (Phi) is 6.20. The molecule has 5 heterocycles. The van der Waals surface area contributed by atoms with Gasteiger partial charge in [0, 0.05) is 42.1 Å². The van der Waals surface area contributed by atoms with Crippen molar-refractivity contribution in [1.82, 2.24) is 34.8 Å². The molecule has 16 heteroatoms. The summed E-state index contributed by atoms with van der Waals surface area (Å²) in [6.45, 7) is 2.25. The Hall–Kier alpha value is -4.21. The lowest BCUT2D eigenvalue weighted by atomic mass is 9.55. The number of anilines is 2. The van der Waals surface area contributed by atoms with E-state index in [2.05, 4.69) is 30.8 Å². The van der Waals surface area contributed by atoms with Gasteiger partial charge in [-0.25, -0.2) is 13.3 Å². The first kappa shape index (κ1) is 27.0. The van der Waals surface area contributed by atoms with E-state index in [1.807, 2.05) is 11.0 Å². The number of pyridine rings is 2. The van der Waals surface area contributed by atoms with Crippen LogP contribution in [0.5, 0.6) is 0 Å². The molecule has 2 aliphatic rings. The number of rotatable bonds is 7. The SMILES string of the molecule is Cc1ncc(-c2nnn(CCC(F)(F)F)n2)cc1NC(=O)c1cnn2ccc(N3CC4(C3)CC(O)(C(F)F)C4)cc12. The minimum Gasteiger partial charge on any atom is -0.384 e. The normalized spacial score (nSPS) is 17.6. The summed E-state index contributed by atoms with van der Waals surface area (Å²) < 4.78 is 65.1. The third-order valence-electron chi connectivity index (χ3n) is 7.58. The Morgan fingerprint density at radius 3 is 2.66 bits per heavy atom. The highest BCUT2D eigenvalue weighted by Gasteiger charge is 2.63. The average Bonchev–Trinajstić information content (AvgIpc) is 3.52. The molecule has 216 valence electrons. The first-order chi connectivity index (χ1) is 19.3. The van der Waals surface area contributed by atoms with E-state index in [4.69, 9.17) is 0 Å². The zero-order chi connectivity index (χ0) is 29.2. The third kappa shape index (κ3) is 5.07. The second-order valence-corrected chi connectivity index (χ2v) is 10.8. The molecule has 11 nitrogen and oxygen atoms in total. The summed E-state index contributed by atoms with van der Waals surface area (Å²) in [5.74, 6) is -0.413. The van der Waals surface area contributed by atoms with E-state index in [0.717, 1.165) is 10.5 Å². The fraction of sp³-hybridized carbons (Fsp3) is 0.440. The van der Waals surface area contributed by atoms with Crippen LogP contribution in [0.1, 0.15) is 35.3 Å².